The summed E-state index contributed by atoms with van der Waals surface area (Å²) in [6.45, 7) is 0. The van der Waals surface area contributed by atoms with Gasteiger partial charge in [-0.05, 0) is 0 Å². The number of rotatable bonds is 0. The fourth-order valence-electron chi connectivity index (χ4n) is 0.0747. The quantitative estimate of drug-likeness (QED) is 0.200. The van der Waals surface area contributed by atoms with Gasteiger partial charge < -0.3 is 30.0 Å². The van der Waals surface area contributed by atoms with Gasteiger partial charge >= 0.3 is 41.9 Å². The van der Waals surface area contributed by atoms with Gasteiger partial charge in [-0.25, -0.2) is 9.59 Å². The third-order valence-electron chi connectivity index (χ3n) is 0.175. The van der Waals surface area contributed by atoms with Crippen LogP contribution in [0.5, 0.6) is 0 Å². The van der Waals surface area contributed by atoms with Crippen molar-refractivity contribution in [1.82, 2.24) is 0 Å². The molecule has 0 saturated heterocycles. The summed E-state index contributed by atoms with van der Waals surface area (Å²) in [6, 6.07) is 0. The third kappa shape index (κ3) is 63.8. The first-order valence-corrected chi connectivity index (χ1v) is 1.90. The van der Waals surface area contributed by atoms with Crippen LogP contribution in [0, 0.1) is 0 Å². The molecule has 0 aromatic carbocycles. The largest absolute Gasteiger partial charge is 1.00 e. The van der Waals surface area contributed by atoms with E-state index < -0.39 is 18.5 Å². The Morgan fingerprint density at radius 1 is 1.00 bits per heavy atom. The van der Waals surface area contributed by atoms with Crippen LogP contribution >= 0.6 is 0 Å². The van der Waals surface area contributed by atoms with Gasteiger partial charge in [-0.1, -0.05) is 0 Å². The van der Waals surface area contributed by atoms with E-state index in [1.54, 1.807) is 0 Å². The molecular formula is C3H3NaO8. The summed E-state index contributed by atoms with van der Waals surface area (Å²) in [4.78, 5) is 26.9. The summed E-state index contributed by atoms with van der Waals surface area (Å²) in [6.07, 6.45) is -5.71. The average Bonchev–Trinajstić information content (AvgIpc) is 1.56. The minimum Gasteiger partial charge on any atom is -0.565 e. The van der Waals surface area contributed by atoms with Crippen LogP contribution < -0.4 is 34.7 Å². The second-order valence-electron chi connectivity index (χ2n) is 0.900. The maximum absolute atomic E-state index is 9.21. The Morgan fingerprint density at radius 2 is 1.17 bits per heavy atom. The van der Waals surface area contributed by atoms with Crippen LogP contribution in [0.25, 0.3) is 0 Å². The molecular weight excluding hydrogens is 187 g/mol. The summed E-state index contributed by atoms with van der Waals surface area (Å²) in [5.74, 6) is 0. The van der Waals surface area contributed by atoms with Crippen molar-refractivity contribution in [3.63, 3.8) is 0 Å². The Hall–Kier alpha value is -0.990. The van der Waals surface area contributed by atoms with Gasteiger partial charge in [0.25, 0.3) is 0 Å². The molecule has 3 N–H and O–H groups in total. The van der Waals surface area contributed by atoms with Crippen molar-refractivity contribution in [3.8, 4) is 0 Å². The van der Waals surface area contributed by atoms with Gasteiger partial charge in [0.2, 0.25) is 6.16 Å². The van der Waals surface area contributed by atoms with Crippen LogP contribution in [-0.2, 0) is 4.74 Å². The van der Waals surface area contributed by atoms with Gasteiger partial charge in [-0.2, -0.15) is 0 Å². The van der Waals surface area contributed by atoms with E-state index in [9.17, 15) is 9.59 Å². The summed E-state index contributed by atoms with van der Waals surface area (Å²) in [7, 11) is 0. The van der Waals surface area contributed by atoms with Crippen molar-refractivity contribution in [2.24, 2.45) is 0 Å². The van der Waals surface area contributed by atoms with Crippen molar-refractivity contribution in [3.05, 3.63) is 0 Å². The molecule has 0 aliphatic rings. The monoisotopic (exact) mass is 190 g/mol. The molecule has 0 aliphatic carbocycles. The van der Waals surface area contributed by atoms with E-state index in [0.29, 0.717) is 0 Å². The molecule has 0 unspecified atom stereocenters. The number of ether oxygens (including phenoxy) is 1. The van der Waals surface area contributed by atoms with Crippen LogP contribution in [0.2, 0.25) is 0 Å². The SMILES string of the molecule is O=C(O)OC(=O)O.O=C([O-])O.[Na+]. The van der Waals surface area contributed by atoms with E-state index >= 15 is 0 Å². The second kappa shape index (κ2) is 10.0. The van der Waals surface area contributed by atoms with Gasteiger partial charge in [0.15, 0.2) is 0 Å². The molecule has 8 nitrogen and oxygen atoms in total. The number of hydrogen-bond acceptors (Lipinski definition) is 5. The van der Waals surface area contributed by atoms with Crippen molar-refractivity contribution >= 4 is 18.5 Å². The van der Waals surface area contributed by atoms with Gasteiger partial charge in [0.05, 0.1) is 0 Å². The summed E-state index contributed by atoms with van der Waals surface area (Å²) in [5, 5.41) is 30.3. The third-order valence-corrected chi connectivity index (χ3v) is 0.175. The number of carboxylic acid groups (broad SMARTS) is 4. The van der Waals surface area contributed by atoms with Crippen LogP contribution in [0.3, 0.4) is 0 Å². The van der Waals surface area contributed by atoms with Crippen molar-refractivity contribution in [1.29, 1.82) is 0 Å². The Kier molecular flexibility index (Phi) is 14.3. The number of carbonyl (C=O) groups is 3. The Bertz CT molecular complexity index is 148. The molecule has 64 valence electrons. The second-order valence-corrected chi connectivity index (χ2v) is 0.900. The zero-order valence-corrected chi connectivity index (χ0v) is 7.88. The van der Waals surface area contributed by atoms with E-state index in [-0.39, 0.29) is 29.6 Å². The topological polar surface area (TPSA) is 144 Å². The molecule has 0 aromatic heterocycles. The molecule has 12 heavy (non-hydrogen) atoms. The fraction of sp³-hybridized carbons (Fsp3) is 0. The summed E-state index contributed by atoms with van der Waals surface area (Å²) >= 11 is 0. The van der Waals surface area contributed by atoms with E-state index in [0.717, 1.165) is 0 Å². The molecule has 0 amide bonds. The predicted molar refractivity (Wildman–Crippen MR) is 25.2 cm³/mol. The molecule has 0 radical (unpaired) electrons. The standard InChI is InChI=1S/C2H2O5.CH2O3.Na/c3-1(4)7-2(5)6;2-1(3)4;/h(H,3,4)(H,5,6);(H2,2,3,4);/q;;+1/p-1. The first-order valence-electron chi connectivity index (χ1n) is 1.90. The zero-order valence-electron chi connectivity index (χ0n) is 5.88. The molecule has 0 aliphatic heterocycles. The van der Waals surface area contributed by atoms with Crippen LogP contribution in [0.15, 0.2) is 0 Å². The van der Waals surface area contributed by atoms with Gasteiger partial charge in [0, 0.05) is 0 Å². The van der Waals surface area contributed by atoms with E-state index in [2.05, 4.69) is 4.74 Å². The first-order chi connectivity index (χ1) is 4.86. The minimum absolute atomic E-state index is 0. The first kappa shape index (κ1) is 17.2. The Labute approximate surface area is 87.7 Å². The molecule has 0 bridgehead atoms. The van der Waals surface area contributed by atoms with Gasteiger partial charge in [0.1, 0.15) is 0 Å². The molecule has 0 atom stereocenters. The van der Waals surface area contributed by atoms with E-state index in [4.69, 9.17) is 25.2 Å². The molecule has 0 aromatic rings. The minimum atomic E-state index is -2.08. The molecule has 0 fully saturated rings. The molecule has 9 heteroatoms. The molecule has 0 heterocycles. The summed E-state index contributed by atoms with van der Waals surface area (Å²) in [5.41, 5.74) is 0. The number of hydrogen-bond donors (Lipinski definition) is 3. The van der Waals surface area contributed by atoms with Crippen LogP contribution in [-0.4, -0.2) is 33.8 Å². The maximum Gasteiger partial charge on any atom is 1.00 e. The Morgan fingerprint density at radius 3 is 1.17 bits per heavy atom. The molecule has 0 saturated carbocycles. The van der Waals surface area contributed by atoms with Gasteiger partial charge in [-0.3, -0.25) is 0 Å². The van der Waals surface area contributed by atoms with Gasteiger partial charge in [-0.15, -0.1) is 0 Å². The molecule has 0 spiro atoms. The van der Waals surface area contributed by atoms with Crippen molar-refractivity contribution < 1.29 is 69.1 Å². The summed E-state index contributed by atoms with van der Waals surface area (Å²) < 4.78 is 3.08. The normalized spacial score (nSPS) is 6.33. The maximum atomic E-state index is 9.21. The predicted octanol–water partition coefficient (Wildman–Crippen LogP) is -3.75. The molecule has 0 rings (SSSR count). The van der Waals surface area contributed by atoms with Crippen LogP contribution in [0.4, 0.5) is 14.4 Å². The fourth-order valence-corrected chi connectivity index (χ4v) is 0.0747. The average molecular weight is 190 g/mol. The zero-order chi connectivity index (χ0) is 9.44. The van der Waals surface area contributed by atoms with E-state index in [1.807, 2.05) is 0 Å². The van der Waals surface area contributed by atoms with Crippen molar-refractivity contribution in [2.75, 3.05) is 0 Å². The van der Waals surface area contributed by atoms with E-state index in [1.165, 1.54) is 0 Å². The Balaban J connectivity index is -0.000000142. The smallest absolute Gasteiger partial charge is 0.565 e. The van der Waals surface area contributed by atoms with Crippen molar-refractivity contribution in [2.45, 2.75) is 0 Å². The van der Waals surface area contributed by atoms with Crippen LogP contribution in [0.1, 0.15) is 0 Å².